The van der Waals surface area contributed by atoms with Gasteiger partial charge in [0.05, 0.1) is 18.6 Å². The molecule has 2 aromatic carbocycles. The number of carbonyl (C=O) groups is 1. The van der Waals surface area contributed by atoms with Gasteiger partial charge < -0.3 is 14.6 Å². The van der Waals surface area contributed by atoms with Crippen LogP contribution in [0.1, 0.15) is 20.3 Å². The molecule has 0 unspecified atom stereocenters. The molecule has 0 saturated heterocycles. The Morgan fingerprint density at radius 1 is 1.19 bits per heavy atom. The Morgan fingerprint density at radius 3 is 2.58 bits per heavy atom. The molecule has 0 heterocycles. The van der Waals surface area contributed by atoms with E-state index in [0.717, 1.165) is 0 Å². The van der Waals surface area contributed by atoms with Crippen molar-refractivity contribution in [2.45, 2.75) is 26.4 Å². The number of carboxylic acid groups (broad SMARTS) is 1. The molecule has 1 aliphatic rings. The molecular formula is C20H20F2O4. The number of ether oxygens (including phenoxy) is 2. The van der Waals surface area contributed by atoms with Crippen LogP contribution < -0.4 is 9.47 Å². The largest absolute Gasteiger partial charge is 0.491 e. The quantitative estimate of drug-likeness (QED) is 0.787. The van der Waals surface area contributed by atoms with E-state index in [1.807, 2.05) is 13.8 Å². The number of halogens is 2. The molecule has 0 amide bonds. The van der Waals surface area contributed by atoms with Crippen molar-refractivity contribution in [2.24, 2.45) is 11.8 Å². The lowest BCUT2D eigenvalue weighted by Gasteiger charge is -2.13. The van der Waals surface area contributed by atoms with Gasteiger partial charge in [-0.25, -0.2) is 8.78 Å². The van der Waals surface area contributed by atoms with Crippen molar-refractivity contribution in [1.29, 1.82) is 0 Å². The number of aliphatic carboxylic acids is 1. The number of hydrogen-bond donors (Lipinski definition) is 1. The maximum atomic E-state index is 14.3. The minimum Gasteiger partial charge on any atom is -0.491 e. The topological polar surface area (TPSA) is 55.8 Å². The highest BCUT2D eigenvalue weighted by Gasteiger charge is 2.43. The smallest absolute Gasteiger partial charge is 0.306 e. The Balaban J connectivity index is 1.74. The standard InChI is InChI=1S/C20H20F2O4/c1-11(2)26-14-4-5-17(21)15(9-14)12-3-6-19(18(22)8-12)25-10-13-7-16(13)20(23)24/h3-6,8-9,11,13,16H,7,10H2,1-2H3,(H,23,24)/t13-,16+/m0/s1. The summed E-state index contributed by atoms with van der Waals surface area (Å²) in [4.78, 5) is 10.8. The minimum absolute atomic E-state index is 0.0276. The molecule has 26 heavy (non-hydrogen) atoms. The molecule has 138 valence electrons. The summed E-state index contributed by atoms with van der Waals surface area (Å²) in [5.41, 5.74) is 0.609. The third-order valence-electron chi connectivity index (χ3n) is 4.25. The van der Waals surface area contributed by atoms with E-state index in [4.69, 9.17) is 14.6 Å². The predicted molar refractivity (Wildman–Crippen MR) is 92.3 cm³/mol. The van der Waals surface area contributed by atoms with Crippen molar-refractivity contribution in [2.75, 3.05) is 6.61 Å². The Bertz CT molecular complexity index is 819. The SMILES string of the molecule is CC(C)Oc1ccc(F)c(-c2ccc(OC[C@@H]3C[C@H]3C(=O)O)c(F)c2)c1. The van der Waals surface area contributed by atoms with E-state index in [2.05, 4.69) is 0 Å². The van der Waals surface area contributed by atoms with Crippen LogP contribution in [0.5, 0.6) is 11.5 Å². The van der Waals surface area contributed by atoms with E-state index in [1.54, 1.807) is 6.07 Å². The molecule has 1 aliphatic carbocycles. The molecule has 0 bridgehead atoms. The average molecular weight is 362 g/mol. The first kappa shape index (κ1) is 18.2. The Labute approximate surface area is 150 Å². The second-order valence-electron chi connectivity index (χ2n) is 6.70. The van der Waals surface area contributed by atoms with E-state index in [1.165, 1.54) is 30.3 Å². The van der Waals surface area contributed by atoms with Crippen LogP contribution in [-0.4, -0.2) is 23.8 Å². The van der Waals surface area contributed by atoms with Gasteiger partial charge in [0, 0.05) is 11.5 Å². The summed E-state index contributed by atoms with van der Waals surface area (Å²) < 4.78 is 39.4. The van der Waals surface area contributed by atoms with E-state index in [-0.39, 0.29) is 29.9 Å². The molecule has 0 aliphatic heterocycles. The zero-order valence-corrected chi connectivity index (χ0v) is 14.5. The zero-order chi connectivity index (χ0) is 18.8. The lowest BCUT2D eigenvalue weighted by atomic mass is 10.0. The van der Waals surface area contributed by atoms with Gasteiger partial charge in [-0.15, -0.1) is 0 Å². The molecule has 0 aromatic heterocycles. The van der Waals surface area contributed by atoms with Gasteiger partial charge in [0.15, 0.2) is 11.6 Å². The van der Waals surface area contributed by atoms with Gasteiger partial charge in [-0.1, -0.05) is 6.07 Å². The first-order valence-electron chi connectivity index (χ1n) is 8.47. The van der Waals surface area contributed by atoms with Crippen LogP contribution in [0, 0.1) is 23.5 Å². The van der Waals surface area contributed by atoms with Crippen LogP contribution in [0.3, 0.4) is 0 Å². The maximum Gasteiger partial charge on any atom is 0.306 e. The van der Waals surface area contributed by atoms with Gasteiger partial charge in [-0.05, 0) is 56.2 Å². The maximum absolute atomic E-state index is 14.3. The third-order valence-corrected chi connectivity index (χ3v) is 4.25. The van der Waals surface area contributed by atoms with Crippen molar-refractivity contribution >= 4 is 5.97 Å². The van der Waals surface area contributed by atoms with Crippen LogP contribution >= 0.6 is 0 Å². The summed E-state index contributed by atoms with van der Waals surface area (Å²) >= 11 is 0. The Hall–Kier alpha value is -2.63. The molecule has 6 heteroatoms. The van der Waals surface area contributed by atoms with Gasteiger partial charge >= 0.3 is 5.97 Å². The lowest BCUT2D eigenvalue weighted by molar-refractivity contribution is -0.138. The minimum atomic E-state index is -0.853. The van der Waals surface area contributed by atoms with Gasteiger partial charge in [-0.2, -0.15) is 0 Å². The van der Waals surface area contributed by atoms with E-state index in [9.17, 15) is 13.6 Å². The molecule has 4 nitrogen and oxygen atoms in total. The predicted octanol–water partition coefficient (Wildman–Crippen LogP) is 4.52. The van der Waals surface area contributed by atoms with Crippen LogP contribution in [0.2, 0.25) is 0 Å². The van der Waals surface area contributed by atoms with E-state index >= 15 is 0 Å². The third kappa shape index (κ3) is 4.12. The highest BCUT2D eigenvalue weighted by atomic mass is 19.1. The zero-order valence-electron chi connectivity index (χ0n) is 14.5. The average Bonchev–Trinajstić information content (AvgIpc) is 3.35. The fraction of sp³-hybridized carbons (Fsp3) is 0.350. The summed E-state index contributed by atoms with van der Waals surface area (Å²) in [6.45, 7) is 3.88. The van der Waals surface area contributed by atoms with Gasteiger partial charge in [0.25, 0.3) is 0 Å². The molecule has 2 atom stereocenters. The van der Waals surface area contributed by atoms with Crippen LogP contribution in [-0.2, 0) is 4.79 Å². The first-order chi connectivity index (χ1) is 12.3. The normalized spacial score (nSPS) is 18.7. The summed E-state index contributed by atoms with van der Waals surface area (Å²) in [7, 11) is 0. The fourth-order valence-electron chi connectivity index (χ4n) is 2.79. The van der Waals surface area contributed by atoms with Gasteiger partial charge in [-0.3, -0.25) is 4.79 Å². The number of hydrogen-bond acceptors (Lipinski definition) is 3. The molecule has 0 radical (unpaired) electrons. The summed E-state index contributed by atoms with van der Waals surface area (Å²) in [6.07, 6.45) is 0.487. The monoisotopic (exact) mass is 362 g/mol. The molecule has 1 fully saturated rings. The van der Waals surface area contributed by atoms with Crippen LogP contribution in [0.25, 0.3) is 11.1 Å². The Morgan fingerprint density at radius 2 is 1.96 bits per heavy atom. The summed E-state index contributed by atoms with van der Waals surface area (Å²) in [5.74, 6) is -1.91. The number of benzene rings is 2. The van der Waals surface area contributed by atoms with Crippen LogP contribution in [0.15, 0.2) is 36.4 Å². The number of rotatable bonds is 7. The molecule has 1 N–H and O–H groups in total. The molecular weight excluding hydrogens is 342 g/mol. The molecule has 0 spiro atoms. The summed E-state index contributed by atoms with van der Waals surface area (Å²) in [6, 6.07) is 8.55. The highest BCUT2D eigenvalue weighted by Crippen LogP contribution is 2.39. The number of carboxylic acids is 1. The van der Waals surface area contributed by atoms with Crippen molar-refractivity contribution in [3.05, 3.63) is 48.0 Å². The first-order valence-corrected chi connectivity index (χ1v) is 8.47. The van der Waals surface area contributed by atoms with Crippen molar-refractivity contribution in [3.63, 3.8) is 0 Å². The second kappa shape index (κ2) is 7.32. The fourth-order valence-corrected chi connectivity index (χ4v) is 2.79. The van der Waals surface area contributed by atoms with Crippen molar-refractivity contribution < 1.29 is 28.2 Å². The van der Waals surface area contributed by atoms with Gasteiger partial charge in [0.2, 0.25) is 0 Å². The molecule has 1 saturated carbocycles. The van der Waals surface area contributed by atoms with E-state index in [0.29, 0.717) is 17.7 Å². The molecule has 2 aromatic rings. The van der Waals surface area contributed by atoms with Crippen molar-refractivity contribution in [1.82, 2.24) is 0 Å². The summed E-state index contributed by atoms with van der Waals surface area (Å²) in [5, 5.41) is 8.87. The highest BCUT2D eigenvalue weighted by molar-refractivity contribution is 5.73. The van der Waals surface area contributed by atoms with E-state index < -0.39 is 23.5 Å². The lowest BCUT2D eigenvalue weighted by Crippen LogP contribution is -2.07. The van der Waals surface area contributed by atoms with Crippen molar-refractivity contribution in [3.8, 4) is 22.6 Å². The Kier molecular flexibility index (Phi) is 5.11. The molecule has 3 rings (SSSR count). The van der Waals surface area contributed by atoms with Gasteiger partial charge in [0.1, 0.15) is 11.6 Å². The second-order valence-corrected chi connectivity index (χ2v) is 6.70. The van der Waals surface area contributed by atoms with Crippen LogP contribution in [0.4, 0.5) is 8.78 Å².